The number of hydrogen-bond donors (Lipinski definition) is 1. The van der Waals surface area contributed by atoms with Crippen LogP contribution in [-0.4, -0.2) is 50.1 Å². The molecular weight excluding hydrogens is 328 g/mol. The van der Waals surface area contributed by atoms with Gasteiger partial charge in [-0.05, 0) is 31.0 Å². The average Bonchev–Trinajstić information content (AvgIpc) is 3.11. The van der Waals surface area contributed by atoms with Gasteiger partial charge in [0.2, 0.25) is 5.91 Å². The van der Waals surface area contributed by atoms with Crippen LogP contribution in [0.4, 0.5) is 0 Å². The van der Waals surface area contributed by atoms with Crippen molar-refractivity contribution in [2.24, 2.45) is 0 Å². The lowest BCUT2D eigenvalue weighted by atomic mass is 9.87. The van der Waals surface area contributed by atoms with E-state index in [0.717, 1.165) is 23.0 Å². The van der Waals surface area contributed by atoms with E-state index in [2.05, 4.69) is 10.3 Å². The number of piperidine rings is 1. The fourth-order valence-electron chi connectivity index (χ4n) is 3.76. The quantitative estimate of drug-likeness (QED) is 0.787. The van der Waals surface area contributed by atoms with Crippen LogP contribution in [0.3, 0.4) is 0 Å². The number of hydrogen-bond acceptors (Lipinski definition) is 4. The van der Waals surface area contributed by atoms with E-state index in [0.29, 0.717) is 13.1 Å². The molecule has 134 valence electrons. The first-order valence-electron chi connectivity index (χ1n) is 8.97. The van der Waals surface area contributed by atoms with E-state index in [-0.39, 0.29) is 11.8 Å². The normalized spacial score (nSPS) is 21.7. The molecule has 6 nitrogen and oxygen atoms in total. The van der Waals surface area contributed by atoms with Crippen LogP contribution in [0.2, 0.25) is 0 Å². The minimum absolute atomic E-state index is 0.0359. The van der Waals surface area contributed by atoms with Gasteiger partial charge in [-0.25, -0.2) is 4.68 Å². The number of rotatable bonds is 3. The lowest BCUT2D eigenvalue weighted by Gasteiger charge is -2.37. The summed E-state index contributed by atoms with van der Waals surface area (Å²) in [6.07, 6.45) is 0.191. The molecule has 1 unspecified atom stereocenters. The van der Waals surface area contributed by atoms with E-state index in [4.69, 9.17) is 0 Å². The van der Waals surface area contributed by atoms with E-state index < -0.39 is 12.1 Å². The molecule has 26 heavy (non-hydrogen) atoms. The summed E-state index contributed by atoms with van der Waals surface area (Å²) in [6, 6.07) is 17.2. The number of likely N-dealkylation sites (tertiary alicyclic amines) is 1. The zero-order valence-corrected chi connectivity index (χ0v) is 14.7. The Morgan fingerprint density at radius 3 is 2.65 bits per heavy atom. The summed E-state index contributed by atoms with van der Waals surface area (Å²) in [5, 5.41) is 18.9. The molecule has 1 aliphatic rings. The van der Waals surface area contributed by atoms with Crippen molar-refractivity contribution < 1.29 is 9.90 Å². The minimum Gasteiger partial charge on any atom is -0.391 e. The average molecular weight is 350 g/mol. The van der Waals surface area contributed by atoms with Crippen LogP contribution < -0.4 is 0 Å². The number of aromatic nitrogens is 3. The van der Waals surface area contributed by atoms with Crippen molar-refractivity contribution >= 4 is 16.9 Å². The Balaban J connectivity index is 1.49. The van der Waals surface area contributed by atoms with Gasteiger partial charge in [-0.3, -0.25) is 4.79 Å². The van der Waals surface area contributed by atoms with Crippen molar-refractivity contribution in [3.05, 3.63) is 60.2 Å². The number of aliphatic hydroxyl groups excluding tert-OH is 1. The van der Waals surface area contributed by atoms with Gasteiger partial charge in [-0.1, -0.05) is 47.7 Å². The van der Waals surface area contributed by atoms with Crippen LogP contribution in [0.25, 0.3) is 11.0 Å². The molecule has 1 N–H and O–H groups in total. The molecule has 4 rings (SSSR count). The highest BCUT2D eigenvalue weighted by Gasteiger charge is 2.33. The van der Waals surface area contributed by atoms with Crippen LogP contribution >= 0.6 is 0 Å². The molecule has 1 amide bonds. The van der Waals surface area contributed by atoms with Crippen molar-refractivity contribution in [2.75, 3.05) is 13.1 Å². The smallest absolute Gasteiger partial charge is 0.247 e. The van der Waals surface area contributed by atoms with E-state index in [1.54, 1.807) is 9.58 Å². The largest absolute Gasteiger partial charge is 0.391 e. The monoisotopic (exact) mass is 350 g/mol. The van der Waals surface area contributed by atoms with Crippen LogP contribution in [0.1, 0.15) is 30.9 Å². The molecule has 2 heterocycles. The van der Waals surface area contributed by atoms with Crippen molar-refractivity contribution in [1.29, 1.82) is 0 Å². The molecule has 0 saturated carbocycles. The highest BCUT2D eigenvalue weighted by molar-refractivity contribution is 5.83. The van der Waals surface area contributed by atoms with Gasteiger partial charge < -0.3 is 10.0 Å². The van der Waals surface area contributed by atoms with Crippen LogP contribution in [0.5, 0.6) is 0 Å². The van der Waals surface area contributed by atoms with E-state index in [1.807, 2.05) is 61.5 Å². The van der Waals surface area contributed by atoms with Gasteiger partial charge in [-0.15, -0.1) is 5.10 Å². The summed E-state index contributed by atoms with van der Waals surface area (Å²) in [6.45, 7) is 2.81. The summed E-state index contributed by atoms with van der Waals surface area (Å²) in [7, 11) is 0. The molecule has 6 heteroatoms. The molecule has 3 aromatic rings. The second kappa shape index (κ2) is 6.88. The van der Waals surface area contributed by atoms with E-state index in [9.17, 15) is 9.90 Å². The van der Waals surface area contributed by atoms with Gasteiger partial charge in [-0.2, -0.15) is 0 Å². The Kier molecular flexibility index (Phi) is 4.42. The van der Waals surface area contributed by atoms with Gasteiger partial charge >= 0.3 is 0 Å². The SMILES string of the molecule is CC(C(=O)N1CC[C@@H](c2ccccc2)[C@H](O)C1)n1nnc2ccccc21. The van der Waals surface area contributed by atoms with Gasteiger partial charge in [0.05, 0.1) is 11.6 Å². The first kappa shape index (κ1) is 16.7. The molecular formula is C20H22N4O2. The maximum absolute atomic E-state index is 13.0. The second-order valence-electron chi connectivity index (χ2n) is 6.86. The molecule has 3 atom stereocenters. The first-order valence-corrected chi connectivity index (χ1v) is 8.97. The number of para-hydroxylation sites is 1. The lowest BCUT2D eigenvalue weighted by Crippen LogP contribution is -2.47. The molecule has 0 radical (unpaired) electrons. The molecule has 1 aromatic heterocycles. The fourth-order valence-corrected chi connectivity index (χ4v) is 3.76. The summed E-state index contributed by atoms with van der Waals surface area (Å²) >= 11 is 0. The minimum atomic E-state index is -0.560. The molecule has 1 fully saturated rings. The predicted octanol–water partition coefficient (Wildman–Crippen LogP) is 2.37. The highest BCUT2D eigenvalue weighted by atomic mass is 16.3. The number of nitrogens with zero attached hydrogens (tertiary/aromatic N) is 4. The van der Waals surface area contributed by atoms with Crippen LogP contribution in [0.15, 0.2) is 54.6 Å². The molecule has 2 aromatic carbocycles. The number of carbonyl (C=O) groups excluding carboxylic acids is 1. The summed E-state index contributed by atoms with van der Waals surface area (Å²) < 4.78 is 1.66. The van der Waals surface area contributed by atoms with Gasteiger partial charge in [0.15, 0.2) is 0 Å². The van der Waals surface area contributed by atoms with E-state index >= 15 is 0 Å². The van der Waals surface area contributed by atoms with Gasteiger partial charge in [0.1, 0.15) is 11.6 Å². The summed E-state index contributed by atoms with van der Waals surface area (Å²) in [4.78, 5) is 14.7. The number of β-amino-alcohol motifs (C(OH)–C–C–N with tert-alkyl or cyclic N) is 1. The maximum atomic E-state index is 13.0. The number of fused-ring (bicyclic) bond motifs is 1. The third-order valence-electron chi connectivity index (χ3n) is 5.22. The second-order valence-corrected chi connectivity index (χ2v) is 6.86. The van der Waals surface area contributed by atoms with Crippen LogP contribution in [-0.2, 0) is 4.79 Å². The third kappa shape index (κ3) is 2.97. The third-order valence-corrected chi connectivity index (χ3v) is 5.22. The molecule has 0 spiro atoms. The fraction of sp³-hybridized carbons (Fsp3) is 0.350. The standard InChI is InChI=1S/C20H22N4O2/c1-14(24-18-10-6-5-9-17(18)21-22-24)20(26)23-12-11-16(19(25)13-23)15-7-3-2-4-8-15/h2-10,14,16,19,25H,11-13H2,1H3/t14?,16-,19+/m0/s1. The van der Waals surface area contributed by atoms with Crippen molar-refractivity contribution in [3.8, 4) is 0 Å². The predicted molar refractivity (Wildman–Crippen MR) is 98.6 cm³/mol. The molecule has 1 saturated heterocycles. The molecule has 1 aliphatic heterocycles. The molecule has 0 bridgehead atoms. The number of aliphatic hydroxyl groups is 1. The molecule has 0 aliphatic carbocycles. The summed E-state index contributed by atoms with van der Waals surface area (Å²) in [5.74, 6) is 0.0361. The van der Waals surface area contributed by atoms with Crippen molar-refractivity contribution in [2.45, 2.75) is 31.4 Å². The van der Waals surface area contributed by atoms with Crippen molar-refractivity contribution in [1.82, 2.24) is 19.9 Å². The number of benzene rings is 2. The van der Waals surface area contributed by atoms with Crippen molar-refractivity contribution in [3.63, 3.8) is 0 Å². The van der Waals surface area contributed by atoms with Crippen LogP contribution in [0, 0.1) is 0 Å². The van der Waals surface area contributed by atoms with E-state index in [1.165, 1.54) is 0 Å². The first-order chi connectivity index (χ1) is 12.6. The Hall–Kier alpha value is -2.73. The topological polar surface area (TPSA) is 71.2 Å². The summed E-state index contributed by atoms with van der Waals surface area (Å²) in [5.41, 5.74) is 2.74. The lowest BCUT2D eigenvalue weighted by molar-refractivity contribution is -0.138. The number of carbonyl (C=O) groups is 1. The zero-order valence-electron chi connectivity index (χ0n) is 14.7. The Morgan fingerprint density at radius 1 is 1.15 bits per heavy atom. The van der Waals surface area contributed by atoms with Gasteiger partial charge in [0.25, 0.3) is 0 Å². The van der Waals surface area contributed by atoms with Gasteiger partial charge in [0, 0.05) is 19.0 Å². The Morgan fingerprint density at radius 2 is 1.88 bits per heavy atom. The zero-order chi connectivity index (χ0) is 18.1. The maximum Gasteiger partial charge on any atom is 0.247 e. The Bertz CT molecular complexity index is 908. The Labute approximate surface area is 152 Å². The highest BCUT2D eigenvalue weighted by Crippen LogP contribution is 2.29. The number of amides is 1.